The van der Waals surface area contributed by atoms with Gasteiger partial charge in [0.05, 0.1) is 11.4 Å². The maximum Gasteiger partial charge on any atom is 0.182 e. The lowest BCUT2D eigenvalue weighted by atomic mass is 10.3. The van der Waals surface area contributed by atoms with E-state index in [1.807, 2.05) is 110 Å². The number of pyridine rings is 2. The Morgan fingerprint density at radius 1 is 0.500 bits per heavy atom. The van der Waals surface area contributed by atoms with Crippen LogP contribution in [0.5, 0.6) is 11.5 Å². The van der Waals surface area contributed by atoms with E-state index in [-0.39, 0.29) is 34.0 Å². The first-order valence-electron chi connectivity index (χ1n) is 10.6. The predicted molar refractivity (Wildman–Crippen MR) is 121 cm³/mol. The summed E-state index contributed by atoms with van der Waals surface area (Å²) in [6.07, 6.45) is 8.09. The molecule has 2 aromatic heterocycles. The summed E-state index contributed by atoms with van der Waals surface area (Å²) in [4.78, 5) is 0. The van der Waals surface area contributed by atoms with Crippen molar-refractivity contribution in [2.24, 2.45) is 10.2 Å². The van der Waals surface area contributed by atoms with E-state index in [2.05, 4.69) is 19.4 Å². The van der Waals surface area contributed by atoms with Crippen molar-refractivity contribution in [1.29, 1.82) is 0 Å². The maximum absolute atomic E-state index is 5.79. The lowest BCUT2D eigenvalue weighted by molar-refractivity contribution is -0.697. The smallest absolute Gasteiger partial charge is 0.182 e. The first kappa shape index (κ1) is 27.1. The number of halogens is 2. The third-order valence-electron chi connectivity index (χ3n) is 4.75. The Hall–Kier alpha value is -3.10. The minimum Gasteiger partial charge on any atom is -1.00 e. The second kappa shape index (κ2) is 14.9. The van der Waals surface area contributed by atoms with Gasteiger partial charge in [-0.3, -0.25) is 0 Å². The van der Waals surface area contributed by atoms with Crippen LogP contribution in [0.1, 0.15) is 0 Å². The van der Waals surface area contributed by atoms with Gasteiger partial charge >= 0.3 is 0 Å². The molecule has 2 aromatic carbocycles. The van der Waals surface area contributed by atoms with Crippen LogP contribution in [-0.2, 0) is 13.1 Å². The number of hydrogen-bond acceptors (Lipinski definition) is 4. The highest BCUT2D eigenvalue weighted by Gasteiger charge is 2.01. The molecule has 0 radical (unpaired) electrons. The Bertz CT molecular complexity index is 1020. The van der Waals surface area contributed by atoms with E-state index in [4.69, 9.17) is 9.47 Å². The Labute approximate surface area is 221 Å². The molecule has 0 bridgehead atoms. The van der Waals surface area contributed by atoms with E-state index in [0.29, 0.717) is 13.2 Å². The molecule has 34 heavy (non-hydrogen) atoms. The van der Waals surface area contributed by atoms with Gasteiger partial charge in [-0.15, -0.1) is 0 Å². The molecule has 2 heterocycles. The van der Waals surface area contributed by atoms with Crippen molar-refractivity contribution in [2.45, 2.75) is 13.1 Å². The second-order valence-electron chi connectivity index (χ2n) is 7.11. The third-order valence-corrected chi connectivity index (χ3v) is 4.75. The lowest BCUT2D eigenvalue weighted by Gasteiger charge is -2.04. The van der Waals surface area contributed by atoms with Gasteiger partial charge in [-0.05, 0) is 48.5 Å². The molecule has 4 rings (SSSR count). The minimum absolute atomic E-state index is 0. The molecule has 176 valence electrons. The van der Waals surface area contributed by atoms with E-state index in [1.54, 1.807) is 0 Å². The van der Waals surface area contributed by atoms with Crippen molar-refractivity contribution in [1.82, 2.24) is 0 Å². The van der Waals surface area contributed by atoms with Gasteiger partial charge in [-0.1, -0.05) is 12.1 Å². The van der Waals surface area contributed by atoms with Crippen molar-refractivity contribution in [3.8, 4) is 11.5 Å². The van der Waals surface area contributed by atoms with Gasteiger partial charge < -0.3 is 43.4 Å². The van der Waals surface area contributed by atoms with E-state index < -0.39 is 0 Å². The van der Waals surface area contributed by atoms with Crippen molar-refractivity contribution in [3.63, 3.8) is 0 Å². The standard InChI is InChI=1S/C26H26N4O2.2BrH/c1-3-15-29(16-4-1)19-21-31-25-11-7-23(8-12-25)27-28-24-9-13-26(14-10-24)32-22-20-30-17-5-2-6-18-30;;/h1-18H,19-22H2;2*1H/q+2;;/p-2. The average Bonchev–Trinajstić information content (AvgIpc) is 2.86. The second-order valence-corrected chi connectivity index (χ2v) is 7.11. The Morgan fingerprint density at radius 2 is 0.853 bits per heavy atom. The van der Waals surface area contributed by atoms with Crippen LogP contribution >= 0.6 is 0 Å². The van der Waals surface area contributed by atoms with Crippen LogP contribution in [-0.4, -0.2) is 13.2 Å². The molecular formula is C26H26Br2N4O2. The quantitative estimate of drug-likeness (QED) is 0.174. The van der Waals surface area contributed by atoms with E-state index in [9.17, 15) is 0 Å². The van der Waals surface area contributed by atoms with Crippen LogP contribution in [0.25, 0.3) is 0 Å². The molecule has 0 N–H and O–H groups in total. The zero-order valence-corrected chi connectivity index (χ0v) is 21.8. The molecule has 8 heteroatoms. The average molecular weight is 586 g/mol. The summed E-state index contributed by atoms with van der Waals surface area (Å²) in [7, 11) is 0. The summed E-state index contributed by atoms with van der Waals surface area (Å²) in [6, 6.07) is 27.2. The number of aromatic nitrogens is 2. The molecule has 0 fully saturated rings. The number of hydrogen-bond donors (Lipinski definition) is 0. The highest BCUT2D eigenvalue weighted by Crippen LogP contribution is 2.23. The fraction of sp³-hybridized carbons (Fsp3) is 0.154. The van der Waals surface area contributed by atoms with Gasteiger partial charge in [0.25, 0.3) is 0 Å². The predicted octanol–water partition coefficient (Wildman–Crippen LogP) is -1.16. The Balaban J connectivity index is 0.00000204. The molecule has 0 unspecified atom stereocenters. The highest BCUT2D eigenvalue weighted by atomic mass is 79.9. The molecule has 0 saturated carbocycles. The first-order chi connectivity index (χ1) is 15.8. The van der Waals surface area contributed by atoms with Gasteiger partial charge in [0, 0.05) is 24.3 Å². The van der Waals surface area contributed by atoms with Crippen LogP contribution in [0.15, 0.2) is 120 Å². The summed E-state index contributed by atoms with van der Waals surface area (Å²) >= 11 is 0. The fourth-order valence-electron chi connectivity index (χ4n) is 3.04. The van der Waals surface area contributed by atoms with Crippen LogP contribution in [0.3, 0.4) is 0 Å². The maximum atomic E-state index is 5.79. The summed E-state index contributed by atoms with van der Waals surface area (Å²) in [5, 5.41) is 8.60. The van der Waals surface area contributed by atoms with Gasteiger partial charge in [-0.2, -0.15) is 10.2 Å². The molecule has 0 spiro atoms. The van der Waals surface area contributed by atoms with Crippen LogP contribution in [0.4, 0.5) is 11.4 Å². The topological polar surface area (TPSA) is 50.9 Å². The number of azo groups is 1. The summed E-state index contributed by atoms with van der Waals surface area (Å²) < 4.78 is 15.8. The summed E-state index contributed by atoms with van der Waals surface area (Å²) in [6.45, 7) is 2.81. The van der Waals surface area contributed by atoms with E-state index >= 15 is 0 Å². The van der Waals surface area contributed by atoms with Gasteiger partial charge in [0.1, 0.15) is 24.7 Å². The molecule has 0 saturated heterocycles. The number of benzene rings is 2. The van der Waals surface area contributed by atoms with Gasteiger partial charge in [0.2, 0.25) is 0 Å². The third kappa shape index (κ3) is 9.03. The largest absolute Gasteiger partial charge is 1.00 e. The monoisotopic (exact) mass is 584 g/mol. The fourth-order valence-corrected chi connectivity index (χ4v) is 3.04. The molecule has 0 aliphatic rings. The van der Waals surface area contributed by atoms with Crippen molar-refractivity contribution < 1.29 is 52.6 Å². The van der Waals surface area contributed by atoms with Crippen LogP contribution < -0.4 is 52.6 Å². The number of ether oxygens (including phenoxy) is 2. The highest BCUT2D eigenvalue weighted by molar-refractivity contribution is 5.44. The first-order valence-corrected chi connectivity index (χ1v) is 10.6. The van der Waals surface area contributed by atoms with Gasteiger partial charge in [-0.25, -0.2) is 9.13 Å². The van der Waals surface area contributed by atoms with Crippen molar-refractivity contribution in [2.75, 3.05) is 13.2 Å². The summed E-state index contributed by atoms with van der Waals surface area (Å²) in [5.74, 6) is 1.63. The molecule has 0 aliphatic heterocycles. The van der Waals surface area contributed by atoms with Crippen molar-refractivity contribution in [3.05, 3.63) is 110 Å². The molecule has 0 amide bonds. The van der Waals surface area contributed by atoms with E-state index in [0.717, 1.165) is 36.0 Å². The van der Waals surface area contributed by atoms with Crippen molar-refractivity contribution >= 4 is 11.4 Å². The number of rotatable bonds is 10. The summed E-state index contributed by atoms with van der Waals surface area (Å²) in [5.41, 5.74) is 1.55. The Kier molecular flexibility index (Phi) is 11.9. The van der Waals surface area contributed by atoms with Crippen LogP contribution in [0.2, 0.25) is 0 Å². The van der Waals surface area contributed by atoms with E-state index in [1.165, 1.54) is 0 Å². The molecule has 0 atom stereocenters. The normalized spacial score (nSPS) is 10.2. The van der Waals surface area contributed by atoms with Gasteiger partial charge in [0.15, 0.2) is 37.9 Å². The molecule has 4 aromatic rings. The SMILES string of the molecule is [Br-].[Br-].c1cc[n+](CCOc2ccc(N=Nc3ccc(OCC[n+]4ccccc4)cc3)cc2)cc1. The zero-order valence-electron chi connectivity index (χ0n) is 18.6. The number of nitrogens with zero attached hydrogens (tertiary/aromatic N) is 4. The lowest BCUT2D eigenvalue weighted by Crippen LogP contribution is -3.00. The zero-order chi connectivity index (χ0) is 21.8. The molecular weight excluding hydrogens is 560 g/mol. The molecule has 6 nitrogen and oxygen atoms in total. The molecule has 0 aliphatic carbocycles. The minimum atomic E-state index is 0. The van der Waals surface area contributed by atoms with Crippen LogP contribution in [0, 0.1) is 0 Å². The Morgan fingerprint density at radius 3 is 1.21 bits per heavy atom.